The van der Waals surface area contributed by atoms with E-state index < -0.39 is 0 Å². The molecule has 0 spiro atoms. The Morgan fingerprint density at radius 1 is 1.10 bits per heavy atom. The number of aryl methyl sites for hydroxylation is 1. The van der Waals surface area contributed by atoms with Crippen molar-refractivity contribution in [2.45, 2.75) is 26.3 Å². The molecule has 0 heterocycles. The average molecular weight is 379 g/mol. The van der Waals surface area contributed by atoms with Gasteiger partial charge >= 0.3 is 0 Å². The molecule has 0 aliphatic carbocycles. The highest BCUT2D eigenvalue weighted by molar-refractivity contribution is 14.1. The van der Waals surface area contributed by atoms with Crippen LogP contribution in [0.5, 0.6) is 0 Å². The molecule has 1 N–H and O–H groups in total. The highest BCUT2D eigenvalue weighted by atomic mass is 127. The number of carbonyl (C=O) groups is 1. The summed E-state index contributed by atoms with van der Waals surface area (Å²) in [5.41, 5.74) is 3.08. The fourth-order valence-electron chi connectivity index (χ4n) is 2.06. The zero-order chi connectivity index (χ0) is 14.5. The van der Waals surface area contributed by atoms with Crippen molar-refractivity contribution in [3.63, 3.8) is 0 Å². The molecule has 2 nitrogen and oxygen atoms in total. The summed E-state index contributed by atoms with van der Waals surface area (Å²) in [5, 5.41) is 3.10. The Balaban J connectivity index is 2.11. The lowest BCUT2D eigenvalue weighted by Crippen LogP contribution is -2.28. The Kier molecular flexibility index (Phi) is 5.17. The van der Waals surface area contributed by atoms with Crippen LogP contribution in [0.3, 0.4) is 0 Å². The second-order valence-corrected chi connectivity index (χ2v) is 6.10. The smallest absolute Gasteiger partial charge is 0.251 e. The Morgan fingerprint density at radius 2 is 1.70 bits per heavy atom. The molecular formula is C17H18INO. The molecule has 1 atom stereocenters. The van der Waals surface area contributed by atoms with E-state index in [1.807, 2.05) is 24.3 Å². The van der Waals surface area contributed by atoms with E-state index in [4.69, 9.17) is 0 Å². The number of carbonyl (C=O) groups excluding carboxylic acids is 1. The van der Waals surface area contributed by atoms with Gasteiger partial charge in [0.2, 0.25) is 0 Å². The van der Waals surface area contributed by atoms with Crippen LogP contribution in [0.2, 0.25) is 0 Å². The maximum Gasteiger partial charge on any atom is 0.251 e. The highest BCUT2D eigenvalue weighted by Gasteiger charge is 2.13. The average Bonchev–Trinajstić information content (AvgIpc) is 2.46. The van der Waals surface area contributed by atoms with Crippen LogP contribution in [0.15, 0.2) is 48.5 Å². The topological polar surface area (TPSA) is 29.1 Å². The van der Waals surface area contributed by atoms with Crippen molar-refractivity contribution in [3.05, 3.63) is 68.8 Å². The molecule has 0 radical (unpaired) electrons. The molecule has 0 bridgehead atoms. The summed E-state index contributed by atoms with van der Waals surface area (Å²) in [6.07, 6.45) is 0.874. The van der Waals surface area contributed by atoms with E-state index in [1.54, 1.807) is 0 Å². The van der Waals surface area contributed by atoms with E-state index in [2.05, 4.69) is 66.0 Å². The first-order valence-electron chi connectivity index (χ1n) is 6.73. The van der Waals surface area contributed by atoms with Gasteiger partial charge in [-0.1, -0.05) is 36.8 Å². The van der Waals surface area contributed by atoms with E-state index >= 15 is 0 Å². The number of hydrogen-bond acceptors (Lipinski definition) is 1. The molecule has 0 saturated heterocycles. The van der Waals surface area contributed by atoms with Crippen LogP contribution in [0.4, 0.5) is 0 Å². The summed E-state index contributed by atoms with van der Waals surface area (Å²) in [4.78, 5) is 12.3. The zero-order valence-corrected chi connectivity index (χ0v) is 13.8. The Labute approximate surface area is 133 Å². The molecule has 20 heavy (non-hydrogen) atoms. The molecule has 0 fully saturated rings. The summed E-state index contributed by atoms with van der Waals surface area (Å²) >= 11 is 2.23. The second-order valence-electron chi connectivity index (χ2n) is 4.85. The van der Waals surface area contributed by atoms with Crippen LogP contribution in [-0.2, 0) is 0 Å². The lowest BCUT2D eigenvalue weighted by molar-refractivity contribution is 0.0935. The summed E-state index contributed by atoms with van der Waals surface area (Å²) in [7, 11) is 0. The quantitative estimate of drug-likeness (QED) is 0.780. The zero-order valence-electron chi connectivity index (χ0n) is 11.7. The molecule has 1 amide bonds. The van der Waals surface area contributed by atoms with Gasteiger partial charge in [-0.15, -0.1) is 0 Å². The number of rotatable bonds is 4. The van der Waals surface area contributed by atoms with E-state index in [9.17, 15) is 4.79 Å². The van der Waals surface area contributed by atoms with Crippen molar-refractivity contribution in [1.29, 1.82) is 0 Å². The highest BCUT2D eigenvalue weighted by Crippen LogP contribution is 2.18. The van der Waals surface area contributed by atoms with Gasteiger partial charge in [0.1, 0.15) is 0 Å². The molecular weight excluding hydrogens is 361 g/mol. The molecule has 104 valence electrons. The predicted octanol–water partition coefficient (Wildman–Crippen LogP) is 4.48. The summed E-state index contributed by atoms with van der Waals surface area (Å²) in [5.74, 6) is -0.0196. The lowest BCUT2D eigenvalue weighted by atomic mass is 10.0. The lowest BCUT2D eigenvalue weighted by Gasteiger charge is -2.17. The van der Waals surface area contributed by atoms with Crippen molar-refractivity contribution >= 4 is 28.5 Å². The van der Waals surface area contributed by atoms with Crippen molar-refractivity contribution in [2.24, 2.45) is 0 Å². The molecule has 2 aromatic rings. The van der Waals surface area contributed by atoms with Crippen molar-refractivity contribution in [2.75, 3.05) is 0 Å². The van der Waals surface area contributed by atoms with E-state index in [0.29, 0.717) is 5.56 Å². The minimum atomic E-state index is -0.0196. The molecule has 3 heteroatoms. The van der Waals surface area contributed by atoms with Gasteiger partial charge in [-0.2, -0.15) is 0 Å². The first kappa shape index (κ1) is 15.0. The number of halogens is 1. The van der Waals surface area contributed by atoms with Crippen molar-refractivity contribution < 1.29 is 4.79 Å². The minimum absolute atomic E-state index is 0.0196. The molecule has 0 saturated carbocycles. The third kappa shape index (κ3) is 3.82. The fraction of sp³-hybridized carbons (Fsp3) is 0.235. The van der Waals surface area contributed by atoms with Gasteiger partial charge in [-0.25, -0.2) is 0 Å². The predicted molar refractivity (Wildman–Crippen MR) is 90.8 cm³/mol. The maximum atomic E-state index is 12.3. The summed E-state index contributed by atoms with van der Waals surface area (Å²) in [6, 6.07) is 16.0. The third-order valence-electron chi connectivity index (χ3n) is 3.30. The normalized spacial score (nSPS) is 11.9. The van der Waals surface area contributed by atoms with Gasteiger partial charge in [-0.3, -0.25) is 4.79 Å². The summed E-state index contributed by atoms with van der Waals surface area (Å²) < 4.78 is 1.13. The number of nitrogens with one attached hydrogen (secondary N) is 1. The summed E-state index contributed by atoms with van der Waals surface area (Å²) in [6.45, 7) is 4.15. The molecule has 2 aromatic carbocycles. The molecule has 0 aliphatic heterocycles. The van der Waals surface area contributed by atoms with Crippen LogP contribution >= 0.6 is 22.6 Å². The van der Waals surface area contributed by atoms with E-state index in [0.717, 1.165) is 15.6 Å². The van der Waals surface area contributed by atoms with Crippen molar-refractivity contribution in [3.8, 4) is 0 Å². The Hall–Kier alpha value is -1.36. The van der Waals surface area contributed by atoms with Gasteiger partial charge in [0.15, 0.2) is 0 Å². The van der Waals surface area contributed by atoms with Gasteiger partial charge in [0, 0.05) is 9.13 Å². The van der Waals surface area contributed by atoms with Crippen LogP contribution in [0.1, 0.15) is 40.9 Å². The molecule has 0 aliphatic rings. The van der Waals surface area contributed by atoms with Gasteiger partial charge in [0.05, 0.1) is 6.04 Å². The molecule has 2 rings (SSSR count). The fourth-order valence-corrected chi connectivity index (χ4v) is 2.42. The first-order valence-corrected chi connectivity index (χ1v) is 7.81. The van der Waals surface area contributed by atoms with Crippen LogP contribution in [-0.4, -0.2) is 5.91 Å². The number of benzene rings is 2. The largest absolute Gasteiger partial charge is 0.345 e. The minimum Gasteiger partial charge on any atom is -0.345 e. The Bertz CT molecular complexity index is 575. The molecule has 0 unspecified atom stereocenters. The van der Waals surface area contributed by atoms with Crippen LogP contribution in [0.25, 0.3) is 0 Å². The SMILES string of the molecule is CC[C@H](NC(=O)c1ccc(I)cc1)c1ccc(C)cc1. The monoisotopic (exact) mass is 379 g/mol. The molecule has 0 aromatic heterocycles. The van der Waals surface area contributed by atoms with Gasteiger partial charge in [0.25, 0.3) is 5.91 Å². The number of hydrogen-bond donors (Lipinski definition) is 1. The van der Waals surface area contributed by atoms with Crippen molar-refractivity contribution in [1.82, 2.24) is 5.32 Å². The van der Waals surface area contributed by atoms with E-state index in [-0.39, 0.29) is 11.9 Å². The standard InChI is InChI=1S/C17H18INO/c1-3-16(13-6-4-12(2)5-7-13)19-17(20)14-8-10-15(18)11-9-14/h4-11,16H,3H2,1-2H3,(H,19,20)/t16-/m0/s1. The maximum absolute atomic E-state index is 12.3. The number of amides is 1. The Morgan fingerprint density at radius 3 is 2.25 bits per heavy atom. The van der Waals surface area contributed by atoms with Crippen LogP contribution < -0.4 is 5.32 Å². The first-order chi connectivity index (χ1) is 9.60. The van der Waals surface area contributed by atoms with Gasteiger partial charge in [-0.05, 0) is 65.8 Å². The second kappa shape index (κ2) is 6.88. The third-order valence-corrected chi connectivity index (χ3v) is 4.02. The van der Waals surface area contributed by atoms with E-state index in [1.165, 1.54) is 5.56 Å². The van der Waals surface area contributed by atoms with Gasteiger partial charge < -0.3 is 5.32 Å². The van der Waals surface area contributed by atoms with Crippen LogP contribution in [0, 0.1) is 10.5 Å².